The Labute approximate surface area is 156 Å². The van der Waals surface area contributed by atoms with E-state index in [1.54, 1.807) is 12.1 Å². The number of carbonyl (C=O) groups excluding carboxylic acids is 2. The highest BCUT2D eigenvalue weighted by Crippen LogP contribution is 2.28. The molecule has 8 heteroatoms. The number of para-hydroxylation sites is 1. The molecule has 0 radical (unpaired) electrons. The van der Waals surface area contributed by atoms with Gasteiger partial charge in [0.25, 0.3) is 5.91 Å². The van der Waals surface area contributed by atoms with Gasteiger partial charge in [-0.2, -0.15) is 0 Å². The Kier molecular flexibility index (Phi) is 5.75. The van der Waals surface area contributed by atoms with Gasteiger partial charge in [0.1, 0.15) is 11.2 Å². The fourth-order valence-corrected chi connectivity index (χ4v) is 3.01. The number of anilines is 1. The van der Waals surface area contributed by atoms with Gasteiger partial charge in [-0.05, 0) is 18.6 Å². The largest absolute Gasteiger partial charge is 0.466 e. The number of esters is 1. The zero-order valence-electron chi connectivity index (χ0n) is 15.4. The Balaban J connectivity index is 1.95. The van der Waals surface area contributed by atoms with Gasteiger partial charge >= 0.3 is 5.97 Å². The molecule has 0 aliphatic carbocycles. The molecule has 144 valence electrons. The number of hydrogen-bond donors (Lipinski definition) is 2. The number of fused-ring (bicyclic) bond motifs is 1. The van der Waals surface area contributed by atoms with Crippen molar-refractivity contribution in [1.82, 2.24) is 9.88 Å². The van der Waals surface area contributed by atoms with Crippen molar-refractivity contribution in [3.8, 4) is 0 Å². The van der Waals surface area contributed by atoms with Gasteiger partial charge in [-0.25, -0.2) is 9.78 Å². The van der Waals surface area contributed by atoms with E-state index in [1.807, 2.05) is 6.07 Å². The standard InChI is InChI=1S/C19H23N3O5/c1-3-4-8-15-21-17-13(6-5-7-14(17)27-15)20-16-12(19(25)26-2)11-22(9-10-23)18(16)24/h5-7,20,23H,3-4,8-11H2,1-2H3. The van der Waals surface area contributed by atoms with Crippen molar-refractivity contribution < 1.29 is 23.8 Å². The van der Waals surface area contributed by atoms with E-state index in [0.717, 1.165) is 19.3 Å². The van der Waals surface area contributed by atoms with Crippen LogP contribution in [0.1, 0.15) is 25.7 Å². The summed E-state index contributed by atoms with van der Waals surface area (Å²) >= 11 is 0. The molecule has 1 amide bonds. The lowest BCUT2D eigenvalue weighted by Gasteiger charge is -2.15. The van der Waals surface area contributed by atoms with E-state index in [9.17, 15) is 9.59 Å². The molecular weight excluding hydrogens is 350 g/mol. The minimum absolute atomic E-state index is 0.0882. The number of benzene rings is 1. The van der Waals surface area contributed by atoms with E-state index in [-0.39, 0.29) is 36.9 Å². The number of aromatic nitrogens is 1. The molecule has 0 saturated heterocycles. The third-order valence-electron chi connectivity index (χ3n) is 4.42. The number of β-amino-alcohol motifs (C(OH)–C–C–N with tert-alkyl or cyclic N) is 1. The molecule has 1 aromatic heterocycles. The summed E-state index contributed by atoms with van der Waals surface area (Å²) in [4.78, 5) is 30.7. The average molecular weight is 373 g/mol. The molecule has 1 aromatic carbocycles. The van der Waals surface area contributed by atoms with Crippen LogP contribution in [0, 0.1) is 0 Å². The van der Waals surface area contributed by atoms with Crippen molar-refractivity contribution in [3.05, 3.63) is 35.4 Å². The van der Waals surface area contributed by atoms with E-state index in [4.69, 9.17) is 14.3 Å². The van der Waals surface area contributed by atoms with Crippen LogP contribution in [0.3, 0.4) is 0 Å². The Morgan fingerprint density at radius 1 is 1.44 bits per heavy atom. The third-order valence-corrected chi connectivity index (χ3v) is 4.42. The zero-order chi connectivity index (χ0) is 19.4. The number of ether oxygens (including phenoxy) is 1. The normalized spacial score (nSPS) is 14.3. The number of nitrogens with one attached hydrogen (secondary N) is 1. The second-order valence-electron chi connectivity index (χ2n) is 6.28. The maximum atomic E-state index is 12.7. The average Bonchev–Trinajstić information content (AvgIpc) is 3.23. The number of methoxy groups -OCH3 is 1. The van der Waals surface area contributed by atoms with Crippen LogP contribution < -0.4 is 5.32 Å². The molecule has 2 heterocycles. The van der Waals surface area contributed by atoms with E-state index >= 15 is 0 Å². The van der Waals surface area contributed by atoms with Crippen molar-refractivity contribution in [2.24, 2.45) is 0 Å². The topological polar surface area (TPSA) is 105 Å². The first-order chi connectivity index (χ1) is 13.1. The predicted molar refractivity (Wildman–Crippen MR) is 99.0 cm³/mol. The van der Waals surface area contributed by atoms with Crippen molar-refractivity contribution in [3.63, 3.8) is 0 Å². The van der Waals surface area contributed by atoms with Gasteiger partial charge < -0.3 is 24.5 Å². The molecule has 0 fully saturated rings. The first-order valence-electron chi connectivity index (χ1n) is 8.96. The van der Waals surface area contributed by atoms with Gasteiger partial charge in [0.2, 0.25) is 0 Å². The van der Waals surface area contributed by atoms with Crippen LogP contribution in [0.5, 0.6) is 0 Å². The summed E-state index contributed by atoms with van der Waals surface area (Å²) in [5, 5.41) is 12.2. The molecule has 0 bridgehead atoms. The van der Waals surface area contributed by atoms with Crippen LogP contribution in [0.2, 0.25) is 0 Å². The first-order valence-corrected chi connectivity index (χ1v) is 8.96. The maximum Gasteiger partial charge on any atom is 0.337 e. The Morgan fingerprint density at radius 2 is 2.26 bits per heavy atom. The molecule has 8 nitrogen and oxygen atoms in total. The van der Waals surface area contributed by atoms with Gasteiger partial charge in [0.15, 0.2) is 11.5 Å². The number of carbonyl (C=O) groups is 2. The molecular formula is C19H23N3O5. The summed E-state index contributed by atoms with van der Waals surface area (Å²) in [6.45, 7) is 2.14. The summed E-state index contributed by atoms with van der Waals surface area (Å²) in [6.07, 6.45) is 2.75. The highest BCUT2D eigenvalue weighted by atomic mass is 16.5. The fraction of sp³-hybridized carbons (Fsp3) is 0.421. The summed E-state index contributed by atoms with van der Waals surface area (Å²) in [5.74, 6) is -0.304. The lowest BCUT2D eigenvalue weighted by Crippen LogP contribution is -2.31. The molecule has 0 atom stereocenters. The minimum atomic E-state index is -0.581. The van der Waals surface area contributed by atoms with Gasteiger partial charge in [-0.1, -0.05) is 19.4 Å². The second kappa shape index (κ2) is 8.22. The molecule has 27 heavy (non-hydrogen) atoms. The molecule has 3 rings (SSSR count). The predicted octanol–water partition coefficient (Wildman–Crippen LogP) is 1.84. The highest BCUT2D eigenvalue weighted by Gasteiger charge is 2.34. The molecule has 0 saturated carbocycles. The van der Waals surface area contributed by atoms with Crippen LogP contribution in [-0.4, -0.2) is 53.7 Å². The van der Waals surface area contributed by atoms with Crippen LogP contribution in [-0.2, 0) is 20.7 Å². The molecule has 0 spiro atoms. The van der Waals surface area contributed by atoms with E-state index in [2.05, 4.69) is 17.2 Å². The van der Waals surface area contributed by atoms with Gasteiger partial charge in [0.05, 0.1) is 31.5 Å². The molecule has 2 N–H and O–H groups in total. The SMILES string of the molecule is CCCCc1nc2c(NC3=C(C(=O)OC)CN(CCO)C3=O)cccc2o1. The molecule has 0 unspecified atom stereocenters. The Morgan fingerprint density at radius 3 is 2.96 bits per heavy atom. The zero-order valence-corrected chi connectivity index (χ0v) is 15.4. The third kappa shape index (κ3) is 3.80. The summed E-state index contributed by atoms with van der Waals surface area (Å²) < 4.78 is 10.6. The number of rotatable bonds is 8. The molecule has 1 aliphatic heterocycles. The van der Waals surface area contributed by atoms with Crippen LogP contribution in [0.4, 0.5) is 5.69 Å². The smallest absolute Gasteiger partial charge is 0.337 e. The van der Waals surface area contributed by atoms with Crippen molar-refractivity contribution in [1.29, 1.82) is 0 Å². The maximum absolute atomic E-state index is 12.7. The lowest BCUT2D eigenvalue weighted by molar-refractivity contribution is -0.136. The summed E-state index contributed by atoms with van der Waals surface area (Å²) in [7, 11) is 1.27. The van der Waals surface area contributed by atoms with Crippen LogP contribution in [0.25, 0.3) is 11.1 Å². The van der Waals surface area contributed by atoms with E-state index < -0.39 is 5.97 Å². The van der Waals surface area contributed by atoms with Gasteiger partial charge in [-0.15, -0.1) is 0 Å². The van der Waals surface area contributed by atoms with Crippen molar-refractivity contribution in [2.45, 2.75) is 26.2 Å². The van der Waals surface area contributed by atoms with E-state index in [0.29, 0.717) is 22.7 Å². The van der Waals surface area contributed by atoms with Crippen LogP contribution in [0.15, 0.2) is 33.9 Å². The van der Waals surface area contributed by atoms with E-state index in [1.165, 1.54) is 12.0 Å². The summed E-state index contributed by atoms with van der Waals surface area (Å²) in [5.41, 5.74) is 2.16. The monoisotopic (exact) mass is 373 g/mol. The number of unbranched alkanes of at least 4 members (excludes halogenated alkanes) is 1. The number of hydrogen-bond acceptors (Lipinski definition) is 7. The fourth-order valence-electron chi connectivity index (χ4n) is 3.01. The van der Waals surface area contributed by atoms with Gasteiger partial charge in [-0.3, -0.25) is 4.79 Å². The number of nitrogens with zero attached hydrogens (tertiary/aromatic N) is 2. The summed E-state index contributed by atoms with van der Waals surface area (Å²) in [6, 6.07) is 5.38. The minimum Gasteiger partial charge on any atom is -0.466 e. The number of oxazole rings is 1. The Bertz CT molecular complexity index is 887. The molecule has 1 aliphatic rings. The number of aliphatic hydroxyl groups is 1. The quantitative estimate of drug-likeness (QED) is 0.680. The van der Waals surface area contributed by atoms with Crippen LogP contribution >= 0.6 is 0 Å². The number of aryl methyl sites for hydroxylation is 1. The Hall–Kier alpha value is -2.87. The lowest BCUT2D eigenvalue weighted by atomic mass is 10.2. The second-order valence-corrected chi connectivity index (χ2v) is 6.28. The van der Waals surface area contributed by atoms with Crippen molar-refractivity contribution >= 4 is 28.7 Å². The number of aliphatic hydroxyl groups excluding tert-OH is 1. The number of amides is 1. The van der Waals surface area contributed by atoms with Crippen molar-refractivity contribution in [2.75, 3.05) is 32.1 Å². The molecule has 2 aromatic rings. The highest BCUT2D eigenvalue weighted by molar-refractivity contribution is 6.09. The van der Waals surface area contributed by atoms with Gasteiger partial charge in [0, 0.05) is 13.0 Å². The first kappa shape index (κ1) is 18.9.